The monoisotopic (exact) mass is 228 g/mol. The molecule has 2 heteroatoms. The summed E-state index contributed by atoms with van der Waals surface area (Å²) in [7, 11) is 0. The van der Waals surface area contributed by atoms with Crippen LogP contribution in [-0.2, 0) is 19.6 Å². The molecule has 0 bridgehead atoms. The van der Waals surface area contributed by atoms with Crippen molar-refractivity contribution in [3.63, 3.8) is 0 Å². The van der Waals surface area contributed by atoms with Gasteiger partial charge in [-0.15, -0.1) is 6.58 Å². The molecule has 1 aliphatic heterocycles. The summed E-state index contributed by atoms with van der Waals surface area (Å²) < 4.78 is 0. The minimum atomic E-state index is 0.805. The van der Waals surface area contributed by atoms with E-state index < -0.39 is 0 Å². The number of nitrogens with zero attached hydrogens (tertiary/aromatic N) is 1. The van der Waals surface area contributed by atoms with Gasteiger partial charge in [-0.05, 0) is 29.5 Å². The number of rotatable bonds is 5. The zero-order chi connectivity index (χ0) is 11.7. The van der Waals surface area contributed by atoms with Gasteiger partial charge in [0.1, 0.15) is 0 Å². The summed E-state index contributed by atoms with van der Waals surface area (Å²) in [5.41, 5.74) is 4.40. The van der Waals surface area contributed by atoms with Crippen molar-refractivity contribution in [2.75, 3.05) is 6.54 Å². The van der Waals surface area contributed by atoms with Crippen LogP contribution in [0.2, 0.25) is 0 Å². The van der Waals surface area contributed by atoms with Gasteiger partial charge in [-0.1, -0.05) is 24.3 Å². The van der Waals surface area contributed by atoms with Crippen LogP contribution in [0.1, 0.15) is 29.5 Å². The van der Waals surface area contributed by atoms with E-state index >= 15 is 0 Å². The summed E-state index contributed by atoms with van der Waals surface area (Å²) in [5, 5.41) is 3.40. The van der Waals surface area contributed by atoms with Gasteiger partial charge in [0, 0.05) is 32.2 Å². The van der Waals surface area contributed by atoms with E-state index in [1.54, 1.807) is 0 Å². The lowest BCUT2D eigenvalue weighted by atomic mass is 10.1. The van der Waals surface area contributed by atoms with Gasteiger partial charge in [-0.2, -0.15) is 0 Å². The van der Waals surface area contributed by atoms with Crippen molar-refractivity contribution in [2.24, 2.45) is 0 Å². The predicted octanol–water partition coefficient (Wildman–Crippen LogP) is 2.44. The molecule has 90 valence electrons. The van der Waals surface area contributed by atoms with E-state index in [9.17, 15) is 0 Å². The fraction of sp³-hybridized carbons (Fsp3) is 0.467. The Morgan fingerprint density at radius 3 is 2.88 bits per heavy atom. The summed E-state index contributed by atoms with van der Waals surface area (Å²) in [6, 6.07) is 7.74. The van der Waals surface area contributed by atoms with E-state index in [2.05, 4.69) is 35.0 Å². The quantitative estimate of drug-likeness (QED) is 0.779. The van der Waals surface area contributed by atoms with Gasteiger partial charge >= 0.3 is 0 Å². The summed E-state index contributed by atoms with van der Waals surface area (Å²) in [6.45, 7) is 8.02. The number of fused-ring (bicyclic) bond motifs is 1. The predicted molar refractivity (Wildman–Crippen MR) is 70.6 cm³/mol. The topological polar surface area (TPSA) is 15.3 Å². The highest BCUT2D eigenvalue weighted by atomic mass is 15.2. The van der Waals surface area contributed by atoms with E-state index in [0.717, 1.165) is 32.2 Å². The van der Waals surface area contributed by atoms with Crippen molar-refractivity contribution >= 4 is 0 Å². The van der Waals surface area contributed by atoms with Crippen molar-refractivity contribution in [2.45, 2.75) is 38.5 Å². The average molecular weight is 228 g/mol. The Bertz CT molecular complexity index is 421. The third kappa shape index (κ3) is 2.43. The van der Waals surface area contributed by atoms with Crippen molar-refractivity contribution in [3.8, 4) is 0 Å². The van der Waals surface area contributed by atoms with Crippen LogP contribution >= 0.6 is 0 Å². The van der Waals surface area contributed by atoms with Crippen molar-refractivity contribution in [1.82, 2.24) is 10.2 Å². The Labute approximate surface area is 103 Å². The maximum absolute atomic E-state index is 3.86. The molecule has 2 nitrogen and oxygen atoms in total. The largest absolute Gasteiger partial charge is 0.309 e. The highest BCUT2D eigenvalue weighted by Crippen LogP contribution is 2.28. The minimum Gasteiger partial charge on any atom is -0.309 e. The van der Waals surface area contributed by atoms with E-state index in [1.165, 1.54) is 29.5 Å². The second-order valence-corrected chi connectivity index (χ2v) is 5.16. The minimum absolute atomic E-state index is 0.805. The lowest BCUT2D eigenvalue weighted by molar-refractivity contribution is 0.284. The van der Waals surface area contributed by atoms with Gasteiger partial charge in [-0.3, -0.25) is 4.90 Å². The Morgan fingerprint density at radius 2 is 2.12 bits per heavy atom. The molecule has 1 aromatic carbocycles. The van der Waals surface area contributed by atoms with Crippen molar-refractivity contribution in [3.05, 3.63) is 47.5 Å². The molecule has 1 N–H and O–H groups in total. The molecule has 0 spiro atoms. The molecule has 2 aliphatic rings. The molecule has 0 unspecified atom stereocenters. The van der Waals surface area contributed by atoms with Gasteiger partial charge < -0.3 is 5.32 Å². The van der Waals surface area contributed by atoms with Crippen LogP contribution in [0, 0.1) is 0 Å². The maximum atomic E-state index is 3.86. The molecule has 1 heterocycles. The molecule has 0 saturated heterocycles. The number of nitrogens with one attached hydrogen (secondary N) is 1. The standard InChI is InChI=1S/C15H20N2/c1-2-7-17(15-5-6-15)11-12-3-4-13-9-16-10-14(13)8-12/h2-4,8,15-16H,1,5-7,9-11H2. The second kappa shape index (κ2) is 4.63. The SMILES string of the molecule is C=CCN(Cc1ccc2c(c1)CNC2)C1CC1. The third-order valence-corrected chi connectivity index (χ3v) is 3.71. The maximum Gasteiger partial charge on any atom is 0.0240 e. The van der Waals surface area contributed by atoms with Gasteiger partial charge in [0.2, 0.25) is 0 Å². The highest BCUT2D eigenvalue weighted by molar-refractivity contribution is 5.34. The molecule has 0 atom stereocenters. The van der Waals surface area contributed by atoms with Crippen LogP contribution in [-0.4, -0.2) is 17.5 Å². The van der Waals surface area contributed by atoms with Crippen molar-refractivity contribution in [1.29, 1.82) is 0 Å². The molecule has 1 aliphatic carbocycles. The molecule has 1 saturated carbocycles. The molecule has 3 rings (SSSR count). The average Bonchev–Trinajstić information content (AvgIpc) is 3.07. The van der Waals surface area contributed by atoms with E-state index in [4.69, 9.17) is 0 Å². The zero-order valence-electron chi connectivity index (χ0n) is 10.3. The number of benzene rings is 1. The molecule has 1 fully saturated rings. The van der Waals surface area contributed by atoms with Crippen LogP contribution < -0.4 is 5.32 Å². The smallest absolute Gasteiger partial charge is 0.0240 e. The summed E-state index contributed by atoms with van der Waals surface area (Å²) in [6.07, 6.45) is 4.74. The molecule has 17 heavy (non-hydrogen) atoms. The van der Waals surface area contributed by atoms with Crippen LogP contribution in [0.25, 0.3) is 0 Å². The highest BCUT2D eigenvalue weighted by Gasteiger charge is 2.28. The Balaban J connectivity index is 1.72. The molecule has 1 aromatic rings. The summed E-state index contributed by atoms with van der Waals surface area (Å²) >= 11 is 0. The molecular formula is C15H20N2. The van der Waals surface area contributed by atoms with Gasteiger partial charge in [0.05, 0.1) is 0 Å². The Hall–Kier alpha value is -1.12. The lowest BCUT2D eigenvalue weighted by Crippen LogP contribution is -2.25. The first-order valence-corrected chi connectivity index (χ1v) is 6.53. The fourth-order valence-electron chi connectivity index (χ4n) is 2.63. The van der Waals surface area contributed by atoms with Gasteiger partial charge in [0.15, 0.2) is 0 Å². The van der Waals surface area contributed by atoms with Crippen LogP contribution in [0.15, 0.2) is 30.9 Å². The Morgan fingerprint density at radius 1 is 1.29 bits per heavy atom. The third-order valence-electron chi connectivity index (χ3n) is 3.71. The second-order valence-electron chi connectivity index (χ2n) is 5.16. The van der Waals surface area contributed by atoms with Gasteiger partial charge in [0.25, 0.3) is 0 Å². The van der Waals surface area contributed by atoms with E-state index in [1.807, 2.05) is 6.08 Å². The molecular weight excluding hydrogens is 208 g/mol. The summed E-state index contributed by atoms with van der Waals surface area (Å²) in [5.74, 6) is 0. The number of hydrogen-bond acceptors (Lipinski definition) is 2. The van der Waals surface area contributed by atoms with Crippen LogP contribution in [0.5, 0.6) is 0 Å². The first kappa shape index (κ1) is 11.0. The van der Waals surface area contributed by atoms with E-state index in [0.29, 0.717) is 0 Å². The van der Waals surface area contributed by atoms with Crippen LogP contribution in [0.4, 0.5) is 0 Å². The summed E-state index contributed by atoms with van der Waals surface area (Å²) in [4.78, 5) is 2.54. The lowest BCUT2D eigenvalue weighted by Gasteiger charge is -2.20. The van der Waals surface area contributed by atoms with Crippen LogP contribution in [0.3, 0.4) is 0 Å². The molecule has 0 amide bonds. The normalized spacial score (nSPS) is 18.4. The first-order chi connectivity index (χ1) is 8.36. The number of hydrogen-bond donors (Lipinski definition) is 1. The fourth-order valence-corrected chi connectivity index (χ4v) is 2.63. The molecule has 0 aromatic heterocycles. The molecule has 0 radical (unpaired) electrons. The van der Waals surface area contributed by atoms with Gasteiger partial charge in [-0.25, -0.2) is 0 Å². The Kier molecular flexibility index (Phi) is 3.00. The zero-order valence-corrected chi connectivity index (χ0v) is 10.3. The van der Waals surface area contributed by atoms with E-state index in [-0.39, 0.29) is 0 Å². The first-order valence-electron chi connectivity index (χ1n) is 6.53. The van der Waals surface area contributed by atoms with Crippen molar-refractivity contribution < 1.29 is 0 Å².